The molecule has 4 rings (SSSR count). The number of nitrogens with one attached hydrogen (secondary N) is 2. The van der Waals surface area contributed by atoms with Crippen molar-refractivity contribution in [3.8, 4) is 0 Å². The molecule has 0 spiro atoms. The molecule has 1 aliphatic rings. The second-order valence-corrected chi connectivity index (χ2v) is 13.8. The van der Waals surface area contributed by atoms with Gasteiger partial charge in [-0.25, -0.2) is 30.9 Å². The van der Waals surface area contributed by atoms with E-state index in [-0.39, 0.29) is 0 Å². The predicted molar refractivity (Wildman–Crippen MR) is 171 cm³/mol. The molecule has 9 nitrogen and oxygen atoms in total. The van der Waals surface area contributed by atoms with E-state index in [0.29, 0.717) is 26.2 Å². The van der Waals surface area contributed by atoms with Crippen molar-refractivity contribution in [2.45, 2.75) is 13.8 Å². The lowest BCUT2D eigenvalue weighted by molar-refractivity contribution is -0.520. The van der Waals surface area contributed by atoms with Crippen molar-refractivity contribution in [1.82, 2.24) is 9.44 Å². The number of para-hydroxylation sites is 1. The first-order chi connectivity index (χ1) is 20.0. The lowest BCUT2D eigenvalue weighted by Crippen LogP contribution is -2.34. The van der Waals surface area contributed by atoms with Crippen LogP contribution in [0.5, 0.6) is 0 Å². The van der Waals surface area contributed by atoms with Crippen LogP contribution in [0, 0.1) is 0 Å². The van der Waals surface area contributed by atoms with Gasteiger partial charge in [-0.1, -0.05) is 30.3 Å². The molecule has 0 saturated carbocycles. The molecule has 0 bridgehead atoms. The van der Waals surface area contributed by atoms with Gasteiger partial charge in [0.2, 0.25) is 20.0 Å². The Morgan fingerprint density at radius 3 is 2.10 bits per heavy atom. The largest absolute Gasteiger partial charge is 0.456 e. The van der Waals surface area contributed by atoms with Gasteiger partial charge in [0.25, 0.3) is 0 Å². The van der Waals surface area contributed by atoms with Crippen LogP contribution < -0.4 is 14.3 Å². The zero-order valence-electron chi connectivity index (χ0n) is 24.5. The van der Waals surface area contributed by atoms with E-state index in [4.69, 9.17) is 4.42 Å². The van der Waals surface area contributed by atoms with Gasteiger partial charge in [-0.3, -0.25) is 0 Å². The summed E-state index contributed by atoms with van der Waals surface area (Å²) in [5.41, 5.74) is 5.73. The van der Waals surface area contributed by atoms with E-state index in [1.165, 1.54) is 0 Å². The SMILES string of the molecule is CCN(CCNS(C)(=O)=O)c1ccc(C(=C2C=CC(=[N+](CC)CCNS(C)(=O)=O)C=C2)c2cc3ccccc3o2)cc1. The molecule has 1 heterocycles. The van der Waals surface area contributed by atoms with Crippen LogP contribution in [0.15, 0.2) is 88.9 Å². The molecule has 0 unspecified atom stereocenters. The first kappa shape index (κ1) is 31.4. The van der Waals surface area contributed by atoms with Crippen molar-refractivity contribution in [1.29, 1.82) is 0 Å². The quantitative estimate of drug-likeness (QED) is 0.285. The van der Waals surface area contributed by atoms with Crippen LogP contribution in [0.3, 0.4) is 0 Å². The van der Waals surface area contributed by atoms with Crippen molar-refractivity contribution in [2.75, 3.05) is 56.7 Å². The number of sulfonamides is 2. The molecule has 0 radical (unpaired) electrons. The predicted octanol–water partition coefficient (Wildman–Crippen LogP) is 3.76. The molecular weight excluding hydrogens is 572 g/mol. The third-order valence-corrected chi connectivity index (χ3v) is 8.43. The normalized spacial score (nSPS) is 13.6. The lowest BCUT2D eigenvalue weighted by atomic mass is 9.94. The van der Waals surface area contributed by atoms with Crippen molar-refractivity contribution in [3.05, 3.63) is 95.8 Å². The summed E-state index contributed by atoms with van der Waals surface area (Å²) >= 11 is 0. The number of hydrogen-bond acceptors (Lipinski definition) is 6. The zero-order valence-corrected chi connectivity index (χ0v) is 26.1. The summed E-state index contributed by atoms with van der Waals surface area (Å²) in [4.78, 5) is 2.12. The third-order valence-electron chi connectivity index (χ3n) is 6.97. The number of fused-ring (bicyclic) bond motifs is 1. The van der Waals surface area contributed by atoms with E-state index in [2.05, 4.69) is 49.3 Å². The highest BCUT2D eigenvalue weighted by atomic mass is 32.2. The number of hydrogen-bond donors (Lipinski definition) is 2. The van der Waals surface area contributed by atoms with Crippen molar-refractivity contribution < 1.29 is 25.8 Å². The van der Waals surface area contributed by atoms with Crippen molar-refractivity contribution >= 4 is 48.0 Å². The van der Waals surface area contributed by atoms with Crippen LogP contribution in [0.1, 0.15) is 25.2 Å². The van der Waals surface area contributed by atoms with Gasteiger partial charge in [0.1, 0.15) is 17.9 Å². The van der Waals surface area contributed by atoms with Crippen LogP contribution in [0.2, 0.25) is 0 Å². The van der Waals surface area contributed by atoms with Gasteiger partial charge >= 0.3 is 0 Å². The molecule has 1 aromatic heterocycles. The highest BCUT2D eigenvalue weighted by Crippen LogP contribution is 2.34. The Morgan fingerprint density at radius 1 is 0.857 bits per heavy atom. The first-order valence-electron chi connectivity index (χ1n) is 13.9. The summed E-state index contributed by atoms with van der Waals surface area (Å²) in [5, 5.41) is 1.02. The van der Waals surface area contributed by atoms with Crippen LogP contribution in [0.4, 0.5) is 5.69 Å². The summed E-state index contributed by atoms with van der Waals surface area (Å²) in [6.07, 6.45) is 10.5. The van der Waals surface area contributed by atoms with E-state index < -0.39 is 20.0 Å². The van der Waals surface area contributed by atoms with Crippen LogP contribution in [0.25, 0.3) is 16.5 Å². The summed E-state index contributed by atoms with van der Waals surface area (Å²) in [6.45, 7) is 7.32. The Kier molecular flexibility index (Phi) is 10.2. The fraction of sp³-hybridized carbons (Fsp3) is 0.323. The Hall–Kier alpha value is -3.51. The van der Waals surface area contributed by atoms with E-state index in [1.807, 2.05) is 62.4 Å². The molecule has 11 heteroatoms. The van der Waals surface area contributed by atoms with Crippen molar-refractivity contribution in [2.24, 2.45) is 0 Å². The highest BCUT2D eigenvalue weighted by molar-refractivity contribution is 7.89. The third kappa shape index (κ3) is 8.51. The molecule has 0 amide bonds. The summed E-state index contributed by atoms with van der Waals surface area (Å²) in [7, 11) is -6.49. The average molecular weight is 612 g/mol. The molecule has 3 aromatic rings. The van der Waals surface area contributed by atoms with Gasteiger partial charge in [-0.15, -0.1) is 0 Å². The standard InChI is InChI=1S/C31H39N4O5S2/c1-5-34(21-19-32-41(3,36)37)27-15-11-24(12-16-27)31(30-23-26-9-7-8-10-29(26)40-30)25-13-17-28(18-14-25)35(6-2)22-20-33-42(4,38)39/h7-18,23,32-33H,5-6,19-22H2,1-4H3/q+1. The Labute approximate surface area is 249 Å². The molecule has 0 aliphatic heterocycles. The second-order valence-electron chi connectivity index (χ2n) is 10.1. The maximum atomic E-state index is 11.5. The van der Waals surface area contributed by atoms with E-state index in [0.717, 1.165) is 70.4 Å². The number of allylic oxidation sites excluding steroid dienone is 5. The fourth-order valence-electron chi connectivity index (χ4n) is 4.91. The molecule has 224 valence electrons. The first-order valence-corrected chi connectivity index (χ1v) is 17.7. The second kappa shape index (κ2) is 13.6. The number of likely N-dealkylation sites (N-methyl/N-ethyl adjacent to an activating group) is 2. The maximum absolute atomic E-state index is 11.5. The van der Waals surface area contributed by atoms with Crippen LogP contribution >= 0.6 is 0 Å². The number of furan rings is 1. The molecule has 0 saturated heterocycles. The average Bonchev–Trinajstić information content (AvgIpc) is 3.37. The number of rotatable bonds is 13. The highest BCUT2D eigenvalue weighted by Gasteiger charge is 2.18. The molecule has 42 heavy (non-hydrogen) atoms. The molecule has 2 N–H and O–H groups in total. The maximum Gasteiger partial charge on any atom is 0.208 e. The van der Waals surface area contributed by atoms with Crippen LogP contribution in [-0.2, 0) is 20.0 Å². The lowest BCUT2D eigenvalue weighted by Gasteiger charge is -2.23. The Balaban J connectivity index is 1.67. The minimum atomic E-state index is -3.24. The smallest absolute Gasteiger partial charge is 0.208 e. The summed E-state index contributed by atoms with van der Waals surface area (Å²) in [5.74, 6) is 0.756. The number of nitrogens with zero attached hydrogens (tertiary/aromatic N) is 2. The minimum absolute atomic E-state index is 0.330. The van der Waals surface area contributed by atoms with Gasteiger partial charge in [0.15, 0.2) is 12.3 Å². The number of anilines is 1. The van der Waals surface area contributed by atoms with Gasteiger partial charge < -0.3 is 9.32 Å². The monoisotopic (exact) mass is 611 g/mol. The van der Waals surface area contributed by atoms with Gasteiger partial charge in [-0.05, 0) is 61.4 Å². The van der Waals surface area contributed by atoms with Crippen LogP contribution in [-0.4, -0.2) is 78.9 Å². The number of benzene rings is 2. The fourth-order valence-corrected chi connectivity index (χ4v) is 5.83. The molecule has 2 aromatic carbocycles. The minimum Gasteiger partial charge on any atom is -0.456 e. The molecular formula is C31H39N4O5S2+. The topological polar surface area (TPSA) is 112 Å². The van der Waals surface area contributed by atoms with E-state index in [9.17, 15) is 16.8 Å². The summed E-state index contributed by atoms with van der Waals surface area (Å²) in [6, 6.07) is 18.2. The van der Waals surface area contributed by atoms with E-state index >= 15 is 0 Å². The molecule has 1 aliphatic carbocycles. The van der Waals surface area contributed by atoms with Gasteiger partial charge in [0.05, 0.1) is 19.1 Å². The zero-order chi connectivity index (χ0) is 30.3. The van der Waals surface area contributed by atoms with Gasteiger partial charge in [-0.2, -0.15) is 0 Å². The Morgan fingerprint density at radius 2 is 1.50 bits per heavy atom. The molecule has 0 atom stereocenters. The van der Waals surface area contributed by atoms with E-state index in [1.54, 1.807) is 0 Å². The Bertz CT molecular complexity index is 1700. The summed E-state index contributed by atoms with van der Waals surface area (Å²) < 4.78 is 59.5. The van der Waals surface area contributed by atoms with Crippen molar-refractivity contribution in [3.63, 3.8) is 0 Å². The van der Waals surface area contributed by atoms with Gasteiger partial charge in [0, 0.05) is 48.4 Å². The molecule has 0 fully saturated rings.